The third-order valence-electron chi connectivity index (χ3n) is 1.55. The van der Waals surface area contributed by atoms with E-state index in [0.29, 0.717) is 0 Å². The third-order valence-corrected chi connectivity index (χ3v) is 1.55. The summed E-state index contributed by atoms with van der Waals surface area (Å²) in [6.45, 7) is 0. The van der Waals surface area contributed by atoms with Gasteiger partial charge < -0.3 is 5.53 Å². The molecule has 0 aromatic heterocycles. The zero-order valence-electron chi connectivity index (χ0n) is 5.38. The molecule has 0 heterocycles. The van der Waals surface area contributed by atoms with Crippen LogP contribution in [0.2, 0.25) is 0 Å². The van der Waals surface area contributed by atoms with Gasteiger partial charge in [0, 0.05) is 5.57 Å². The summed E-state index contributed by atoms with van der Waals surface area (Å²) in [5.41, 5.74) is 9.32. The SMILES string of the molecule is [N-]=[N+]=CC1=CCCCC1. The lowest BCUT2D eigenvalue weighted by atomic mass is 10.0. The van der Waals surface area contributed by atoms with Crippen LogP contribution in [0.1, 0.15) is 25.7 Å². The van der Waals surface area contributed by atoms with Crippen LogP contribution in [0, 0.1) is 0 Å². The predicted octanol–water partition coefficient (Wildman–Crippen LogP) is 1.79. The van der Waals surface area contributed by atoms with E-state index in [1.165, 1.54) is 24.6 Å². The van der Waals surface area contributed by atoms with Gasteiger partial charge in [-0.3, -0.25) is 0 Å². The van der Waals surface area contributed by atoms with Gasteiger partial charge in [0.2, 0.25) is 0 Å². The van der Waals surface area contributed by atoms with Crippen molar-refractivity contribution in [2.75, 3.05) is 0 Å². The number of rotatable bonds is 1. The number of allylic oxidation sites excluding steroid dienone is 2. The Bertz CT molecular complexity index is 164. The first-order valence-electron chi connectivity index (χ1n) is 3.30. The number of hydrogen-bond acceptors (Lipinski definition) is 0. The molecule has 0 aromatic carbocycles. The monoisotopic (exact) mass is 122 g/mol. The lowest BCUT2D eigenvalue weighted by Crippen LogP contribution is -1.92. The van der Waals surface area contributed by atoms with Crippen LogP contribution in [0.15, 0.2) is 11.6 Å². The van der Waals surface area contributed by atoms with E-state index in [-0.39, 0.29) is 0 Å². The molecule has 48 valence electrons. The van der Waals surface area contributed by atoms with E-state index in [9.17, 15) is 0 Å². The van der Waals surface area contributed by atoms with Crippen LogP contribution in [-0.4, -0.2) is 11.0 Å². The fourth-order valence-electron chi connectivity index (χ4n) is 1.05. The highest BCUT2D eigenvalue weighted by Gasteiger charge is 2.02. The molecule has 0 bridgehead atoms. The molecule has 0 fully saturated rings. The molecule has 2 nitrogen and oxygen atoms in total. The first-order chi connectivity index (χ1) is 4.43. The van der Waals surface area contributed by atoms with Crippen molar-refractivity contribution in [3.05, 3.63) is 17.2 Å². The zero-order chi connectivity index (χ0) is 6.53. The second-order valence-electron chi connectivity index (χ2n) is 2.27. The van der Waals surface area contributed by atoms with Gasteiger partial charge in [0.1, 0.15) is 0 Å². The zero-order valence-corrected chi connectivity index (χ0v) is 5.38. The van der Waals surface area contributed by atoms with Crippen LogP contribution in [0.3, 0.4) is 0 Å². The van der Waals surface area contributed by atoms with Gasteiger partial charge in [-0.15, -0.1) is 0 Å². The summed E-state index contributed by atoms with van der Waals surface area (Å²) in [6, 6.07) is 0. The number of hydrogen-bond donors (Lipinski definition) is 0. The second-order valence-corrected chi connectivity index (χ2v) is 2.27. The number of nitrogens with zero attached hydrogens (tertiary/aromatic N) is 2. The Labute approximate surface area is 54.8 Å². The van der Waals surface area contributed by atoms with Crippen molar-refractivity contribution < 1.29 is 4.79 Å². The van der Waals surface area contributed by atoms with E-state index in [4.69, 9.17) is 5.53 Å². The van der Waals surface area contributed by atoms with Gasteiger partial charge in [-0.2, -0.15) is 4.79 Å². The average Bonchev–Trinajstić information content (AvgIpc) is 1.91. The van der Waals surface area contributed by atoms with Crippen LogP contribution >= 0.6 is 0 Å². The fraction of sp³-hybridized carbons (Fsp3) is 0.571. The summed E-state index contributed by atoms with van der Waals surface area (Å²) >= 11 is 0. The van der Waals surface area contributed by atoms with E-state index >= 15 is 0 Å². The van der Waals surface area contributed by atoms with E-state index in [0.717, 1.165) is 12.8 Å². The van der Waals surface area contributed by atoms with Crippen LogP contribution in [-0.2, 0) is 0 Å². The van der Waals surface area contributed by atoms with E-state index in [1.54, 1.807) is 0 Å². The highest BCUT2D eigenvalue weighted by Crippen LogP contribution is 2.14. The molecule has 0 saturated heterocycles. The fourth-order valence-corrected chi connectivity index (χ4v) is 1.05. The quantitative estimate of drug-likeness (QED) is 0.289. The van der Waals surface area contributed by atoms with Crippen molar-refractivity contribution in [2.24, 2.45) is 0 Å². The molecule has 0 aliphatic heterocycles. The average molecular weight is 122 g/mol. The lowest BCUT2D eigenvalue weighted by molar-refractivity contribution is 0.00393. The first kappa shape index (κ1) is 6.24. The van der Waals surface area contributed by atoms with Crippen molar-refractivity contribution in [1.82, 2.24) is 0 Å². The van der Waals surface area contributed by atoms with Gasteiger partial charge in [-0.05, 0) is 25.7 Å². The highest BCUT2D eigenvalue weighted by atomic mass is 14.8. The van der Waals surface area contributed by atoms with E-state index < -0.39 is 0 Å². The summed E-state index contributed by atoms with van der Waals surface area (Å²) in [6.07, 6.45) is 8.38. The molecule has 0 atom stereocenters. The molecule has 0 radical (unpaired) electrons. The van der Waals surface area contributed by atoms with Gasteiger partial charge in [0.05, 0.1) is 0 Å². The summed E-state index contributed by atoms with van der Waals surface area (Å²) < 4.78 is 0. The molecule has 0 N–H and O–H groups in total. The van der Waals surface area contributed by atoms with Gasteiger partial charge in [0.25, 0.3) is 6.21 Å². The lowest BCUT2D eigenvalue weighted by Gasteiger charge is -2.03. The smallest absolute Gasteiger partial charge is 0.283 e. The van der Waals surface area contributed by atoms with Gasteiger partial charge in [-0.1, -0.05) is 6.08 Å². The van der Waals surface area contributed by atoms with Crippen LogP contribution in [0.4, 0.5) is 0 Å². The normalized spacial score (nSPS) is 18.0. The Morgan fingerprint density at radius 2 is 2.44 bits per heavy atom. The van der Waals surface area contributed by atoms with E-state index in [2.05, 4.69) is 10.9 Å². The predicted molar refractivity (Wildman–Crippen MR) is 36.2 cm³/mol. The molecule has 1 rings (SSSR count). The Morgan fingerprint density at radius 1 is 1.56 bits per heavy atom. The maximum absolute atomic E-state index is 8.15. The Balaban J connectivity index is 2.56. The maximum atomic E-state index is 8.15. The highest BCUT2D eigenvalue weighted by molar-refractivity contribution is 5.73. The summed E-state index contributed by atoms with van der Waals surface area (Å²) in [4.78, 5) is 2.97. The molecular weight excluding hydrogens is 112 g/mol. The molecule has 0 aromatic rings. The van der Waals surface area contributed by atoms with Crippen LogP contribution < -0.4 is 0 Å². The summed E-state index contributed by atoms with van der Waals surface area (Å²) in [7, 11) is 0. The minimum atomic E-state index is 1.07. The topological polar surface area (TPSA) is 36.4 Å². The molecular formula is C7H10N2. The molecule has 1 aliphatic carbocycles. The summed E-state index contributed by atoms with van der Waals surface area (Å²) in [5, 5.41) is 0. The molecule has 0 saturated carbocycles. The standard InChI is InChI=1S/C7H10N2/c8-9-6-7-4-2-1-3-5-7/h4,6H,1-3,5H2. The second kappa shape index (κ2) is 3.21. The van der Waals surface area contributed by atoms with Crippen LogP contribution in [0.5, 0.6) is 0 Å². The molecule has 0 spiro atoms. The van der Waals surface area contributed by atoms with Gasteiger partial charge in [-0.25, -0.2) is 0 Å². The Hall–Kier alpha value is -0.880. The van der Waals surface area contributed by atoms with E-state index in [1.807, 2.05) is 0 Å². The van der Waals surface area contributed by atoms with Gasteiger partial charge >= 0.3 is 0 Å². The van der Waals surface area contributed by atoms with Crippen molar-refractivity contribution in [2.45, 2.75) is 25.7 Å². The largest absolute Gasteiger partial charge is 0.362 e. The summed E-state index contributed by atoms with van der Waals surface area (Å²) in [5.74, 6) is 0. The van der Waals surface area contributed by atoms with Gasteiger partial charge in [0.15, 0.2) is 0 Å². The Kier molecular flexibility index (Phi) is 2.22. The molecule has 0 unspecified atom stereocenters. The minimum Gasteiger partial charge on any atom is -0.362 e. The molecule has 9 heavy (non-hydrogen) atoms. The molecule has 0 amide bonds. The van der Waals surface area contributed by atoms with Crippen molar-refractivity contribution in [1.29, 1.82) is 0 Å². The molecule has 2 heteroatoms. The maximum Gasteiger partial charge on any atom is 0.283 e. The minimum absolute atomic E-state index is 1.07. The third kappa shape index (κ3) is 1.82. The molecule has 1 aliphatic rings. The Morgan fingerprint density at radius 3 is 3.00 bits per heavy atom. The van der Waals surface area contributed by atoms with Crippen molar-refractivity contribution in [3.63, 3.8) is 0 Å². The van der Waals surface area contributed by atoms with Crippen molar-refractivity contribution in [3.8, 4) is 0 Å². The van der Waals surface area contributed by atoms with Crippen molar-refractivity contribution >= 4 is 6.21 Å². The van der Waals surface area contributed by atoms with Crippen LogP contribution in [0.25, 0.3) is 5.53 Å². The first-order valence-corrected chi connectivity index (χ1v) is 3.30.